The first kappa shape index (κ1) is 18.0. The molecule has 0 aliphatic rings. The number of hydrogen-bond donors (Lipinski definition) is 1. The zero-order chi connectivity index (χ0) is 17.5. The second-order valence-electron chi connectivity index (χ2n) is 5.08. The first-order valence-corrected chi connectivity index (χ1v) is 8.10. The van der Waals surface area contributed by atoms with Gasteiger partial charge in [0.2, 0.25) is 0 Å². The van der Waals surface area contributed by atoms with E-state index >= 15 is 0 Å². The van der Waals surface area contributed by atoms with Gasteiger partial charge in [-0.1, -0.05) is 40.2 Å². The first-order valence-electron chi connectivity index (χ1n) is 7.31. The summed E-state index contributed by atoms with van der Waals surface area (Å²) in [6, 6.07) is 13.5. The highest BCUT2D eigenvalue weighted by Crippen LogP contribution is 2.19. The summed E-state index contributed by atoms with van der Waals surface area (Å²) in [7, 11) is 2.86. The van der Waals surface area contributed by atoms with Gasteiger partial charge in [0.1, 0.15) is 11.8 Å². The Labute approximate surface area is 149 Å². The fourth-order valence-electron chi connectivity index (χ4n) is 2.30. The molecular weight excluding hydrogens is 374 g/mol. The summed E-state index contributed by atoms with van der Waals surface area (Å²) in [5.41, 5.74) is 1.27. The monoisotopic (exact) mass is 391 g/mol. The lowest BCUT2D eigenvalue weighted by Crippen LogP contribution is -2.43. The van der Waals surface area contributed by atoms with Gasteiger partial charge in [-0.05, 0) is 29.8 Å². The summed E-state index contributed by atoms with van der Waals surface area (Å²) in [6.45, 7) is 0. The van der Waals surface area contributed by atoms with Crippen LogP contribution in [0.2, 0.25) is 0 Å². The molecule has 1 amide bonds. The van der Waals surface area contributed by atoms with Gasteiger partial charge in [-0.25, -0.2) is 4.79 Å². The van der Waals surface area contributed by atoms with Gasteiger partial charge in [-0.2, -0.15) is 0 Å². The summed E-state index contributed by atoms with van der Waals surface area (Å²) in [4.78, 5) is 24.5. The van der Waals surface area contributed by atoms with E-state index in [-0.39, 0.29) is 12.3 Å². The molecule has 0 saturated heterocycles. The summed E-state index contributed by atoms with van der Waals surface area (Å²) in [5, 5.41) is 2.72. The minimum absolute atomic E-state index is 0.274. The lowest BCUT2D eigenvalue weighted by molar-refractivity contribution is -0.142. The van der Waals surface area contributed by atoms with Crippen molar-refractivity contribution in [1.82, 2.24) is 5.32 Å². The molecule has 0 fully saturated rings. The van der Waals surface area contributed by atoms with E-state index in [1.54, 1.807) is 31.4 Å². The summed E-state index contributed by atoms with van der Waals surface area (Å²) in [5.74, 6) is -0.200. The third kappa shape index (κ3) is 4.58. The molecule has 6 heteroatoms. The lowest BCUT2D eigenvalue weighted by Gasteiger charge is -2.18. The number of hydrogen-bond acceptors (Lipinski definition) is 4. The van der Waals surface area contributed by atoms with E-state index in [1.807, 2.05) is 24.3 Å². The predicted octanol–water partition coefficient (Wildman–Crippen LogP) is 2.97. The zero-order valence-electron chi connectivity index (χ0n) is 13.4. The summed E-state index contributed by atoms with van der Waals surface area (Å²) in [6.07, 6.45) is 0.274. The van der Waals surface area contributed by atoms with Gasteiger partial charge in [-0.3, -0.25) is 4.79 Å². The van der Waals surface area contributed by atoms with Crippen LogP contribution in [0.5, 0.6) is 5.75 Å². The maximum Gasteiger partial charge on any atom is 0.328 e. The minimum atomic E-state index is -0.808. The number of rotatable bonds is 6. The van der Waals surface area contributed by atoms with E-state index in [4.69, 9.17) is 9.47 Å². The molecule has 2 aromatic rings. The quantitative estimate of drug-likeness (QED) is 0.768. The Balaban J connectivity index is 2.20. The van der Waals surface area contributed by atoms with Crippen LogP contribution in [-0.4, -0.2) is 32.1 Å². The van der Waals surface area contributed by atoms with Crippen LogP contribution in [0.3, 0.4) is 0 Å². The molecule has 2 aromatic carbocycles. The fraction of sp³-hybridized carbons (Fsp3) is 0.222. The summed E-state index contributed by atoms with van der Waals surface area (Å²) >= 11 is 3.32. The molecule has 0 unspecified atom stereocenters. The van der Waals surface area contributed by atoms with Crippen molar-refractivity contribution in [3.8, 4) is 5.75 Å². The van der Waals surface area contributed by atoms with E-state index in [2.05, 4.69) is 21.2 Å². The van der Waals surface area contributed by atoms with Crippen LogP contribution in [0, 0.1) is 0 Å². The van der Waals surface area contributed by atoms with Gasteiger partial charge >= 0.3 is 5.97 Å². The summed E-state index contributed by atoms with van der Waals surface area (Å²) < 4.78 is 10.9. The van der Waals surface area contributed by atoms with Crippen LogP contribution in [0.15, 0.2) is 53.0 Å². The topological polar surface area (TPSA) is 64.6 Å². The molecule has 2 rings (SSSR count). The number of amides is 1. The van der Waals surface area contributed by atoms with Crippen LogP contribution >= 0.6 is 15.9 Å². The zero-order valence-corrected chi connectivity index (χ0v) is 15.0. The van der Waals surface area contributed by atoms with E-state index in [0.29, 0.717) is 11.3 Å². The Morgan fingerprint density at radius 1 is 1.12 bits per heavy atom. The number of methoxy groups -OCH3 is 2. The van der Waals surface area contributed by atoms with Crippen molar-refractivity contribution in [3.63, 3.8) is 0 Å². The van der Waals surface area contributed by atoms with Gasteiger partial charge in [0, 0.05) is 16.5 Å². The maximum absolute atomic E-state index is 12.4. The minimum Gasteiger partial charge on any atom is -0.496 e. The maximum atomic E-state index is 12.4. The number of carbonyl (C=O) groups is 2. The Hall–Kier alpha value is -2.34. The van der Waals surface area contributed by atoms with Crippen LogP contribution in [-0.2, 0) is 16.0 Å². The average Bonchev–Trinajstić information content (AvgIpc) is 2.60. The van der Waals surface area contributed by atoms with E-state index < -0.39 is 12.0 Å². The number of nitrogens with one attached hydrogen (secondary N) is 1. The molecule has 0 bridgehead atoms. The van der Waals surface area contributed by atoms with Crippen molar-refractivity contribution in [1.29, 1.82) is 0 Å². The number of carbonyl (C=O) groups excluding carboxylic acids is 2. The van der Waals surface area contributed by atoms with Crippen molar-refractivity contribution in [3.05, 3.63) is 64.1 Å². The van der Waals surface area contributed by atoms with Gasteiger partial charge < -0.3 is 14.8 Å². The molecule has 0 spiro atoms. The molecule has 0 saturated carbocycles. The van der Waals surface area contributed by atoms with Crippen LogP contribution in [0.1, 0.15) is 15.9 Å². The van der Waals surface area contributed by atoms with Gasteiger partial charge in [0.15, 0.2) is 0 Å². The molecule has 0 heterocycles. The van der Waals surface area contributed by atoms with E-state index in [0.717, 1.165) is 10.0 Å². The fourth-order valence-corrected chi connectivity index (χ4v) is 2.70. The standard InChI is InChI=1S/C18H18BrNO4/c1-23-16-9-4-3-6-12(16)11-15(18(22)24-2)20-17(21)13-7-5-8-14(19)10-13/h3-10,15H,11H2,1-2H3,(H,20,21)/t15-/m0/s1. The van der Waals surface area contributed by atoms with Crippen molar-refractivity contribution < 1.29 is 19.1 Å². The molecule has 0 aromatic heterocycles. The smallest absolute Gasteiger partial charge is 0.328 e. The molecule has 126 valence electrons. The first-order chi connectivity index (χ1) is 11.5. The molecule has 0 aliphatic heterocycles. The number of esters is 1. The Bertz CT molecular complexity index is 732. The van der Waals surface area contributed by atoms with Gasteiger partial charge in [0.25, 0.3) is 5.91 Å². The third-order valence-electron chi connectivity index (χ3n) is 3.49. The Morgan fingerprint density at radius 2 is 1.88 bits per heavy atom. The Kier molecular flexibility index (Phi) is 6.37. The van der Waals surface area contributed by atoms with E-state index in [9.17, 15) is 9.59 Å². The van der Waals surface area contributed by atoms with Crippen LogP contribution in [0.4, 0.5) is 0 Å². The van der Waals surface area contributed by atoms with Gasteiger partial charge in [0.05, 0.1) is 14.2 Å². The molecule has 24 heavy (non-hydrogen) atoms. The highest BCUT2D eigenvalue weighted by molar-refractivity contribution is 9.10. The SMILES string of the molecule is COC(=O)[C@H](Cc1ccccc1OC)NC(=O)c1cccc(Br)c1. The number of halogens is 1. The van der Waals surface area contributed by atoms with Crippen LogP contribution in [0.25, 0.3) is 0 Å². The predicted molar refractivity (Wildman–Crippen MR) is 94.1 cm³/mol. The largest absolute Gasteiger partial charge is 0.496 e. The molecule has 1 atom stereocenters. The van der Waals surface area contributed by atoms with Crippen LogP contribution < -0.4 is 10.1 Å². The highest BCUT2D eigenvalue weighted by atomic mass is 79.9. The van der Waals surface area contributed by atoms with Gasteiger partial charge in [-0.15, -0.1) is 0 Å². The lowest BCUT2D eigenvalue weighted by atomic mass is 10.0. The van der Waals surface area contributed by atoms with E-state index in [1.165, 1.54) is 7.11 Å². The normalized spacial score (nSPS) is 11.5. The van der Waals surface area contributed by atoms with Crippen molar-refractivity contribution in [2.24, 2.45) is 0 Å². The molecule has 0 aliphatic carbocycles. The molecular formula is C18H18BrNO4. The third-order valence-corrected chi connectivity index (χ3v) is 3.99. The molecule has 0 radical (unpaired) electrons. The highest BCUT2D eigenvalue weighted by Gasteiger charge is 2.24. The number of para-hydroxylation sites is 1. The van der Waals surface area contributed by atoms with Crippen molar-refractivity contribution >= 4 is 27.8 Å². The van der Waals surface area contributed by atoms with Crippen molar-refractivity contribution in [2.45, 2.75) is 12.5 Å². The second-order valence-corrected chi connectivity index (χ2v) is 5.99. The van der Waals surface area contributed by atoms with Crippen molar-refractivity contribution in [2.75, 3.05) is 14.2 Å². The molecule has 5 nitrogen and oxygen atoms in total. The molecule has 1 N–H and O–H groups in total. The Morgan fingerprint density at radius 3 is 2.54 bits per heavy atom. The second kappa shape index (κ2) is 8.49. The number of ether oxygens (including phenoxy) is 2. The average molecular weight is 392 g/mol. The number of benzene rings is 2.